The minimum atomic E-state index is -0.251. The zero-order chi connectivity index (χ0) is 16.1. The Kier molecular flexibility index (Phi) is 5.11. The van der Waals surface area contributed by atoms with Crippen LogP contribution in [0.15, 0.2) is 18.2 Å². The van der Waals surface area contributed by atoms with E-state index in [1.54, 1.807) is 7.05 Å². The van der Waals surface area contributed by atoms with Gasteiger partial charge in [0.1, 0.15) is 30.3 Å². The van der Waals surface area contributed by atoms with E-state index < -0.39 is 0 Å². The molecule has 0 unspecified atom stereocenters. The predicted octanol–water partition coefficient (Wildman–Crippen LogP) is 0.712. The first-order valence-electron chi connectivity index (χ1n) is 6.98. The third-order valence-electron chi connectivity index (χ3n) is 3.56. The number of amides is 1. The second kappa shape index (κ2) is 7.04. The van der Waals surface area contributed by atoms with E-state index in [0.717, 1.165) is 16.9 Å². The SMILES string of the molecule is CNC(=O)Cn1nnc(CO)c1COc1cccc(C)c1C. The summed E-state index contributed by atoms with van der Waals surface area (Å²) in [6.45, 7) is 3.97. The lowest BCUT2D eigenvalue weighted by molar-refractivity contribution is -0.121. The molecule has 0 aliphatic rings. The van der Waals surface area contributed by atoms with Crippen molar-refractivity contribution < 1.29 is 14.6 Å². The minimum absolute atomic E-state index is 0.0367. The van der Waals surface area contributed by atoms with E-state index in [1.807, 2.05) is 32.0 Å². The molecule has 0 spiro atoms. The summed E-state index contributed by atoms with van der Waals surface area (Å²) >= 11 is 0. The van der Waals surface area contributed by atoms with Gasteiger partial charge >= 0.3 is 0 Å². The topological polar surface area (TPSA) is 89.3 Å². The molecule has 0 bridgehead atoms. The molecule has 2 N–H and O–H groups in total. The van der Waals surface area contributed by atoms with Crippen molar-refractivity contribution in [2.24, 2.45) is 0 Å². The van der Waals surface area contributed by atoms with Crippen molar-refractivity contribution in [3.63, 3.8) is 0 Å². The summed E-state index contributed by atoms with van der Waals surface area (Å²) in [6, 6.07) is 5.82. The van der Waals surface area contributed by atoms with Gasteiger partial charge in [-0.15, -0.1) is 5.10 Å². The summed E-state index contributed by atoms with van der Waals surface area (Å²) in [6.07, 6.45) is 0. The highest BCUT2D eigenvalue weighted by molar-refractivity contribution is 5.75. The number of nitrogens with zero attached hydrogens (tertiary/aromatic N) is 3. The van der Waals surface area contributed by atoms with Crippen molar-refractivity contribution in [3.8, 4) is 5.75 Å². The lowest BCUT2D eigenvalue weighted by Crippen LogP contribution is -2.25. The quantitative estimate of drug-likeness (QED) is 0.820. The van der Waals surface area contributed by atoms with Gasteiger partial charge < -0.3 is 15.2 Å². The summed E-state index contributed by atoms with van der Waals surface area (Å²) < 4.78 is 7.26. The van der Waals surface area contributed by atoms with E-state index in [-0.39, 0.29) is 25.7 Å². The third-order valence-corrected chi connectivity index (χ3v) is 3.56. The van der Waals surface area contributed by atoms with E-state index in [2.05, 4.69) is 15.6 Å². The summed E-state index contributed by atoms with van der Waals surface area (Å²) in [5.74, 6) is 0.568. The molecular formula is C15H20N4O3. The number of carbonyl (C=O) groups excluding carboxylic acids is 1. The van der Waals surface area contributed by atoms with Crippen LogP contribution in [-0.2, 0) is 24.6 Å². The number of hydrogen-bond acceptors (Lipinski definition) is 5. The maximum atomic E-state index is 11.5. The maximum Gasteiger partial charge on any atom is 0.241 e. The number of aryl methyl sites for hydroxylation is 1. The van der Waals surface area contributed by atoms with Gasteiger partial charge in [-0.2, -0.15) is 0 Å². The number of likely N-dealkylation sites (N-methyl/N-ethyl adjacent to an activating group) is 1. The monoisotopic (exact) mass is 304 g/mol. The zero-order valence-electron chi connectivity index (χ0n) is 13.0. The fraction of sp³-hybridized carbons (Fsp3) is 0.400. The van der Waals surface area contributed by atoms with Crippen LogP contribution in [0.1, 0.15) is 22.5 Å². The molecule has 0 aliphatic heterocycles. The van der Waals surface area contributed by atoms with Crippen LogP contribution in [-0.4, -0.2) is 33.1 Å². The molecule has 1 heterocycles. The van der Waals surface area contributed by atoms with Crippen molar-refractivity contribution in [2.75, 3.05) is 7.05 Å². The Morgan fingerprint density at radius 3 is 2.86 bits per heavy atom. The zero-order valence-corrected chi connectivity index (χ0v) is 13.0. The first kappa shape index (κ1) is 16.0. The molecule has 1 aromatic heterocycles. The molecule has 7 nitrogen and oxygen atoms in total. The molecule has 118 valence electrons. The van der Waals surface area contributed by atoms with Crippen molar-refractivity contribution in [2.45, 2.75) is 33.6 Å². The van der Waals surface area contributed by atoms with Crippen LogP contribution in [0.2, 0.25) is 0 Å². The van der Waals surface area contributed by atoms with E-state index in [0.29, 0.717) is 11.4 Å². The standard InChI is InChI=1S/C15H20N4O3/c1-10-5-4-6-14(11(10)2)22-9-13-12(8-20)17-18-19(13)7-15(21)16-3/h4-6,20H,7-9H2,1-3H3,(H,16,21). The summed E-state index contributed by atoms with van der Waals surface area (Å²) in [5, 5.41) is 19.6. The first-order chi connectivity index (χ1) is 10.6. The number of aliphatic hydroxyl groups is 1. The fourth-order valence-corrected chi connectivity index (χ4v) is 2.02. The van der Waals surface area contributed by atoms with Gasteiger partial charge in [-0.25, -0.2) is 4.68 Å². The molecule has 0 fully saturated rings. The largest absolute Gasteiger partial charge is 0.487 e. The van der Waals surface area contributed by atoms with Crippen LogP contribution in [0.5, 0.6) is 5.75 Å². The second-order valence-electron chi connectivity index (χ2n) is 4.96. The molecule has 1 amide bonds. The molecule has 2 rings (SSSR count). The van der Waals surface area contributed by atoms with Gasteiger partial charge in [-0.1, -0.05) is 17.3 Å². The molecule has 2 aromatic rings. The van der Waals surface area contributed by atoms with Crippen LogP contribution >= 0.6 is 0 Å². The third kappa shape index (κ3) is 3.43. The Morgan fingerprint density at radius 1 is 1.41 bits per heavy atom. The number of aliphatic hydroxyl groups excluding tert-OH is 1. The van der Waals surface area contributed by atoms with Crippen molar-refractivity contribution in [1.29, 1.82) is 0 Å². The van der Waals surface area contributed by atoms with E-state index in [1.165, 1.54) is 4.68 Å². The van der Waals surface area contributed by atoms with Gasteiger partial charge in [0.2, 0.25) is 5.91 Å². The van der Waals surface area contributed by atoms with E-state index in [4.69, 9.17) is 4.74 Å². The van der Waals surface area contributed by atoms with Gasteiger partial charge in [0, 0.05) is 7.05 Å². The fourth-order valence-electron chi connectivity index (χ4n) is 2.02. The van der Waals surface area contributed by atoms with Crippen LogP contribution < -0.4 is 10.1 Å². The molecule has 0 atom stereocenters. The number of nitrogens with one attached hydrogen (secondary N) is 1. The Balaban J connectivity index is 2.19. The lowest BCUT2D eigenvalue weighted by atomic mass is 10.1. The number of carbonyl (C=O) groups is 1. The molecule has 7 heteroatoms. The molecule has 0 radical (unpaired) electrons. The van der Waals surface area contributed by atoms with E-state index >= 15 is 0 Å². The van der Waals surface area contributed by atoms with Crippen LogP contribution in [0.4, 0.5) is 0 Å². The molecular weight excluding hydrogens is 284 g/mol. The molecule has 22 heavy (non-hydrogen) atoms. The average molecular weight is 304 g/mol. The van der Waals surface area contributed by atoms with E-state index in [9.17, 15) is 9.90 Å². The van der Waals surface area contributed by atoms with Crippen LogP contribution in [0.3, 0.4) is 0 Å². The second-order valence-corrected chi connectivity index (χ2v) is 4.96. The normalized spacial score (nSPS) is 10.5. The molecule has 0 saturated heterocycles. The molecule has 0 aliphatic carbocycles. The number of rotatable bonds is 6. The number of benzene rings is 1. The number of hydrogen-bond donors (Lipinski definition) is 2. The van der Waals surface area contributed by atoms with Gasteiger partial charge in [0.05, 0.1) is 6.61 Å². The highest BCUT2D eigenvalue weighted by atomic mass is 16.5. The number of aromatic nitrogens is 3. The molecule has 1 aromatic carbocycles. The van der Waals surface area contributed by atoms with Gasteiger partial charge in [-0.05, 0) is 31.0 Å². The predicted molar refractivity (Wildman–Crippen MR) is 80.3 cm³/mol. The van der Waals surface area contributed by atoms with Gasteiger partial charge in [0.25, 0.3) is 0 Å². The highest BCUT2D eigenvalue weighted by Gasteiger charge is 2.15. The highest BCUT2D eigenvalue weighted by Crippen LogP contribution is 2.22. The van der Waals surface area contributed by atoms with Crippen LogP contribution in [0, 0.1) is 13.8 Å². The van der Waals surface area contributed by atoms with Crippen molar-refractivity contribution in [3.05, 3.63) is 40.7 Å². The molecule has 0 saturated carbocycles. The van der Waals surface area contributed by atoms with Crippen molar-refractivity contribution >= 4 is 5.91 Å². The summed E-state index contributed by atoms with van der Waals surface area (Å²) in [7, 11) is 1.55. The van der Waals surface area contributed by atoms with Gasteiger partial charge in [0.15, 0.2) is 0 Å². The maximum absolute atomic E-state index is 11.5. The Hall–Kier alpha value is -2.41. The number of ether oxygens (including phenoxy) is 1. The van der Waals surface area contributed by atoms with Crippen molar-refractivity contribution in [1.82, 2.24) is 20.3 Å². The minimum Gasteiger partial charge on any atom is -0.487 e. The smallest absolute Gasteiger partial charge is 0.241 e. The average Bonchev–Trinajstić information content (AvgIpc) is 2.90. The Morgan fingerprint density at radius 2 is 2.18 bits per heavy atom. The van der Waals surface area contributed by atoms with Crippen LogP contribution in [0.25, 0.3) is 0 Å². The summed E-state index contributed by atoms with van der Waals surface area (Å²) in [5.41, 5.74) is 3.19. The lowest BCUT2D eigenvalue weighted by Gasteiger charge is -2.12. The Bertz CT molecular complexity index is 667. The van der Waals surface area contributed by atoms with Gasteiger partial charge in [-0.3, -0.25) is 4.79 Å². The Labute approximate surface area is 128 Å². The first-order valence-corrected chi connectivity index (χ1v) is 6.98. The summed E-state index contributed by atoms with van der Waals surface area (Å²) in [4.78, 5) is 11.5.